The van der Waals surface area contributed by atoms with Crippen molar-refractivity contribution in [2.75, 3.05) is 0 Å². The molecule has 0 fully saturated rings. The fraction of sp³-hybridized carbons (Fsp3) is 0.500. The summed E-state index contributed by atoms with van der Waals surface area (Å²) in [6, 6.07) is 8.66. The van der Waals surface area contributed by atoms with Crippen LogP contribution in [0, 0.1) is 0 Å². The van der Waals surface area contributed by atoms with Crippen LogP contribution in [0.2, 0.25) is 18.1 Å². The van der Waals surface area contributed by atoms with E-state index in [1.165, 1.54) is 0 Å². The molecule has 2 N–H and O–H groups in total. The van der Waals surface area contributed by atoms with Gasteiger partial charge < -0.3 is 10.2 Å². The first-order valence-electron chi connectivity index (χ1n) is 5.62. The highest BCUT2D eigenvalue weighted by atomic mass is 28.3. The molecular formula is C12H20O2Si. The van der Waals surface area contributed by atoms with Gasteiger partial charge in [0.25, 0.3) is 0 Å². The molecule has 0 heterocycles. The zero-order valence-electron chi connectivity index (χ0n) is 9.75. The van der Waals surface area contributed by atoms with Gasteiger partial charge in [-0.3, -0.25) is 0 Å². The Kier molecular flexibility index (Phi) is 3.80. The van der Waals surface area contributed by atoms with Crippen LogP contribution in [-0.4, -0.2) is 18.3 Å². The first kappa shape index (κ1) is 12.1. The Morgan fingerprint density at radius 1 is 1.00 bits per heavy atom. The third-order valence-electron chi connectivity index (χ3n) is 3.62. The molecule has 3 heteroatoms. The Morgan fingerprint density at radius 2 is 1.53 bits per heavy atom. The molecule has 1 aromatic rings. The summed E-state index contributed by atoms with van der Waals surface area (Å²) in [4.78, 5) is 0. The van der Waals surface area contributed by atoms with E-state index in [-0.39, 0.29) is 11.5 Å². The molecule has 0 aliphatic rings. The Bertz CT molecular complexity index is 324. The van der Waals surface area contributed by atoms with Gasteiger partial charge in [-0.2, -0.15) is 0 Å². The number of benzene rings is 1. The lowest BCUT2D eigenvalue weighted by molar-refractivity contribution is 0.406. The lowest BCUT2D eigenvalue weighted by atomic mass is 10.3. The van der Waals surface area contributed by atoms with Gasteiger partial charge in [-0.1, -0.05) is 51.0 Å². The smallest absolute Gasteiger partial charge is 0.157 e. The maximum Gasteiger partial charge on any atom is 0.157 e. The zero-order chi connectivity index (χ0) is 11.5. The van der Waals surface area contributed by atoms with Crippen molar-refractivity contribution >= 4 is 13.3 Å². The molecule has 0 bridgehead atoms. The summed E-state index contributed by atoms with van der Waals surface area (Å²) in [7, 11) is -1.58. The van der Waals surface area contributed by atoms with Crippen LogP contribution in [0.25, 0.3) is 0 Å². The lowest BCUT2D eigenvalue weighted by Crippen LogP contribution is -2.45. The highest BCUT2D eigenvalue weighted by molar-refractivity contribution is 6.92. The van der Waals surface area contributed by atoms with E-state index >= 15 is 0 Å². The van der Waals surface area contributed by atoms with Gasteiger partial charge in [0.1, 0.15) is 0 Å². The molecule has 0 amide bonds. The van der Waals surface area contributed by atoms with Crippen LogP contribution in [0.5, 0.6) is 11.5 Å². The minimum atomic E-state index is -1.58. The summed E-state index contributed by atoms with van der Waals surface area (Å²) in [6.07, 6.45) is 0. The van der Waals surface area contributed by atoms with Gasteiger partial charge in [0, 0.05) is 0 Å². The topological polar surface area (TPSA) is 40.5 Å². The molecule has 2 nitrogen and oxygen atoms in total. The molecule has 0 saturated heterocycles. The summed E-state index contributed by atoms with van der Waals surface area (Å²) >= 11 is 0. The summed E-state index contributed by atoms with van der Waals surface area (Å²) in [5.74, 6) is 0.120. The Labute approximate surface area is 92.6 Å². The van der Waals surface area contributed by atoms with E-state index in [0.717, 1.165) is 23.3 Å². The monoisotopic (exact) mass is 224 g/mol. The molecule has 1 rings (SSSR count). The average Bonchev–Trinajstić information content (AvgIpc) is 2.27. The second-order valence-electron chi connectivity index (χ2n) is 4.01. The quantitative estimate of drug-likeness (QED) is 0.610. The summed E-state index contributed by atoms with van der Waals surface area (Å²) in [6.45, 7) is 6.55. The molecule has 0 spiro atoms. The fourth-order valence-corrected chi connectivity index (χ4v) is 6.00. The Balaban J connectivity index is 3.28. The standard InChI is InChI=1S/C12H20O2Si/c1-4-15(5-2,6-3)11-9-7-8-10(13)12(11)14/h7-9,13-14H,4-6H2,1-3H3. The highest BCUT2D eigenvalue weighted by Gasteiger charge is 2.32. The minimum absolute atomic E-state index is 0.0136. The van der Waals surface area contributed by atoms with E-state index in [4.69, 9.17) is 0 Å². The van der Waals surface area contributed by atoms with Crippen LogP contribution in [0.4, 0.5) is 0 Å². The maximum atomic E-state index is 9.91. The highest BCUT2D eigenvalue weighted by Crippen LogP contribution is 2.29. The predicted octanol–water partition coefficient (Wildman–Crippen LogP) is 2.81. The van der Waals surface area contributed by atoms with Crippen LogP contribution in [0.3, 0.4) is 0 Å². The van der Waals surface area contributed by atoms with Crippen molar-refractivity contribution in [3.8, 4) is 11.5 Å². The number of rotatable bonds is 4. The fourth-order valence-electron chi connectivity index (χ4n) is 2.28. The minimum Gasteiger partial charge on any atom is -0.504 e. The molecule has 0 atom stereocenters. The first-order valence-corrected chi connectivity index (χ1v) is 8.24. The molecule has 0 radical (unpaired) electrons. The normalized spacial score (nSPS) is 11.7. The third kappa shape index (κ3) is 2.02. The second kappa shape index (κ2) is 4.70. The van der Waals surface area contributed by atoms with Crippen molar-refractivity contribution in [2.24, 2.45) is 0 Å². The van der Waals surface area contributed by atoms with E-state index in [1.807, 2.05) is 12.1 Å². The summed E-state index contributed by atoms with van der Waals surface area (Å²) in [5, 5.41) is 20.4. The van der Waals surface area contributed by atoms with Crippen LogP contribution >= 0.6 is 0 Å². The number of hydrogen-bond acceptors (Lipinski definition) is 2. The summed E-state index contributed by atoms with van der Waals surface area (Å²) < 4.78 is 0. The van der Waals surface area contributed by atoms with Gasteiger partial charge in [-0.15, -0.1) is 0 Å². The third-order valence-corrected chi connectivity index (χ3v) is 9.22. The first-order chi connectivity index (χ1) is 7.11. The van der Waals surface area contributed by atoms with Crippen molar-refractivity contribution in [1.82, 2.24) is 0 Å². The molecule has 0 aromatic heterocycles. The van der Waals surface area contributed by atoms with Gasteiger partial charge >= 0.3 is 0 Å². The van der Waals surface area contributed by atoms with Crippen LogP contribution in [-0.2, 0) is 0 Å². The number of aromatic hydroxyl groups is 2. The lowest BCUT2D eigenvalue weighted by Gasteiger charge is -2.29. The summed E-state index contributed by atoms with van der Waals surface area (Å²) in [5.41, 5.74) is 0. The van der Waals surface area contributed by atoms with Gasteiger partial charge in [-0.25, -0.2) is 0 Å². The number of hydrogen-bond donors (Lipinski definition) is 2. The molecule has 84 valence electrons. The van der Waals surface area contributed by atoms with Gasteiger partial charge in [0.15, 0.2) is 11.5 Å². The van der Waals surface area contributed by atoms with Gasteiger partial charge in [-0.05, 0) is 11.3 Å². The largest absolute Gasteiger partial charge is 0.504 e. The van der Waals surface area contributed by atoms with Crippen LogP contribution in [0.15, 0.2) is 18.2 Å². The number of phenolic OH excluding ortho intramolecular Hbond substituents is 2. The molecule has 0 aliphatic carbocycles. The zero-order valence-corrected chi connectivity index (χ0v) is 10.7. The van der Waals surface area contributed by atoms with E-state index in [0.29, 0.717) is 0 Å². The van der Waals surface area contributed by atoms with Crippen molar-refractivity contribution < 1.29 is 10.2 Å². The maximum absolute atomic E-state index is 9.91. The van der Waals surface area contributed by atoms with E-state index in [9.17, 15) is 10.2 Å². The Morgan fingerprint density at radius 3 is 2.00 bits per heavy atom. The average molecular weight is 224 g/mol. The molecule has 0 unspecified atom stereocenters. The molecule has 15 heavy (non-hydrogen) atoms. The van der Waals surface area contributed by atoms with Gasteiger partial charge in [0.2, 0.25) is 0 Å². The second-order valence-corrected chi connectivity index (χ2v) is 9.23. The van der Waals surface area contributed by atoms with Crippen molar-refractivity contribution in [3.63, 3.8) is 0 Å². The van der Waals surface area contributed by atoms with Crippen molar-refractivity contribution in [1.29, 1.82) is 0 Å². The van der Waals surface area contributed by atoms with Crippen molar-refractivity contribution in [2.45, 2.75) is 38.9 Å². The van der Waals surface area contributed by atoms with E-state index in [2.05, 4.69) is 20.8 Å². The van der Waals surface area contributed by atoms with Crippen molar-refractivity contribution in [3.05, 3.63) is 18.2 Å². The van der Waals surface area contributed by atoms with E-state index in [1.54, 1.807) is 6.07 Å². The molecular weight excluding hydrogens is 204 g/mol. The SMILES string of the molecule is CC[Si](CC)(CC)c1cccc(O)c1O. The molecule has 0 aliphatic heterocycles. The van der Waals surface area contributed by atoms with Gasteiger partial charge in [0.05, 0.1) is 8.07 Å². The number of para-hydroxylation sites is 1. The molecule has 1 aromatic carbocycles. The van der Waals surface area contributed by atoms with Crippen LogP contribution < -0.4 is 5.19 Å². The molecule has 0 saturated carbocycles. The Hall–Kier alpha value is -0.963. The number of phenols is 2. The van der Waals surface area contributed by atoms with Crippen LogP contribution in [0.1, 0.15) is 20.8 Å². The van der Waals surface area contributed by atoms with E-state index < -0.39 is 8.07 Å². The predicted molar refractivity (Wildman–Crippen MR) is 66.6 cm³/mol.